The number of amidine groups is 1. The lowest BCUT2D eigenvalue weighted by atomic mass is 10.1. The third-order valence-electron chi connectivity index (χ3n) is 5.54. The van der Waals surface area contributed by atoms with Gasteiger partial charge in [0.1, 0.15) is 24.0 Å². The van der Waals surface area contributed by atoms with Crippen molar-refractivity contribution >= 4 is 17.4 Å². The Hall–Kier alpha value is -3.86. The summed E-state index contributed by atoms with van der Waals surface area (Å²) in [6.07, 6.45) is 7.03. The number of nitrogens with one attached hydrogen (secondary N) is 2. The maximum Gasteiger partial charge on any atom is 0.246 e. The van der Waals surface area contributed by atoms with Crippen LogP contribution in [0.2, 0.25) is 0 Å². The first-order chi connectivity index (χ1) is 15.6. The van der Waals surface area contributed by atoms with Crippen LogP contribution in [0, 0.1) is 12.0 Å². The van der Waals surface area contributed by atoms with Crippen LogP contribution in [0.4, 0.5) is 5.69 Å². The monoisotopic (exact) mass is 433 g/mol. The summed E-state index contributed by atoms with van der Waals surface area (Å²) >= 11 is 0. The molecule has 2 aliphatic rings. The summed E-state index contributed by atoms with van der Waals surface area (Å²) in [5.41, 5.74) is 2.72. The fraction of sp³-hybridized carbons (Fsp3) is 0.333. The molecule has 32 heavy (non-hydrogen) atoms. The average Bonchev–Trinajstić information content (AvgIpc) is 3.32. The number of likely N-dealkylation sites (tertiary alicyclic amines) is 1. The highest BCUT2D eigenvalue weighted by atomic mass is 16.5. The lowest BCUT2D eigenvalue weighted by Gasteiger charge is -2.32. The van der Waals surface area contributed by atoms with Crippen molar-refractivity contribution in [1.82, 2.24) is 14.8 Å². The van der Waals surface area contributed by atoms with Gasteiger partial charge in [0.05, 0.1) is 31.5 Å². The highest BCUT2D eigenvalue weighted by Crippen LogP contribution is 2.25. The molecule has 0 spiro atoms. The normalized spacial score (nSPS) is 18.8. The zero-order chi connectivity index (χ0) is 22.5. The largest absolute Gasteiger partial charge is 0.497 e. The third kappa shape index (κ3) is 4.57. The van der Waals surface area contributed by atoms with E-state index in [-0.39, 0.29) is 11.9 Å². The second kappa shape index (κ2) is 9.52. The average molecular weight is 434 g/mol. The molecule has 1 saturated heterocycles. The Morgan fingerprint density at radius 2 is 2.03 bits per heavy atom. The van der Waals surface area contributed by atoms with Crippen molar-refractivity contribution in [1.29, 1.82) is 0 Å². The van der Waals surface area contributed by atoms with Gasteiger partial charge in [0.2, 0.25) is 5.91 Å². The van der Waals surface area contributed by atoms with Crippen molar-refractivity contribution in [2.75, 3.05) is 39.3 Å². The number of carbonyl (C=O) groups is 1. The van der Waals surface area contributed by atoms with Crippen LogP contribution in [-0.4, -0.2) is 66.5 Å². The summed E-state index contributed by atoms with van der Waals surface area (Å²) in [7, 11) is 3.23. The zero-order valence-corrected chi connectivity index (χ0v) is 18.4. The molecule has 1 aromatic heterocycles. The number of rotatable bonds is 4. The van der Waals surface area contributed by atoms with Gasteiger partial charge in [-0.2, -0.15) is 0 Å². The Bertz CT molecular complexity index is 1070. The van der Waals surface area contributed by atoms with Crippen LogP contribution in [0.1, 0.15) is 24.0 Å². The molecule has 0 aliphatic carbocycles. The zero-order valence-electron chi connectivity index (χ0n) is 18.4. The Kier molecular flexibility index (Phi) is 6.36. The molecule has 0 unspecified atom stereocenters. The third-order valence-corrected chi connectivity index (χ3v) is 5.54. The molecule has 1 amide bonds. The van der Waals surface area contributed by atoms with Crippen molar-refractivity contribution in [3.8, 4) is 23.5 Å². The molecule has 166 valence electrons. The minimum absolute atomic E-state index is 0.00436. The summed E-state index contributed by atoms with van der Waals surface area (Å²) in [5, 5.41) is 3.36. The summed E-state index contributed by atoms with van der Waals surface area (Å²) in [6, 6.07) is 8.77. The first kappa shape index (κ1) is 21.4. The van der Waals surface area contributed by atoms with Crippen LogP contribution >= 0.6 is 0 Å². The summed E-state index contributed by atoms with van der Waals surface area (Å²) < 4.78 is 10.7. The Morgan fingerprint density at radius 1 is 1.25 bits per heavy atom. The van der Waals surface area contributed by atoms with E-state index in [1.807, 2.05) is 40.4 Å². The van der Waals surface area contributed by atoms with E-state index in [9.17, 15) is 4.79 Å². The van der Waals surface area contributed by atoms with Crippen LogP contribution in [0.3, 0.4) is 0 Å². The molecule has 8 heteroatoms. The quantitative estimate of drug-likeness (QED) is 0.572. The van der Waals surface area contributed by atoms with E-state index < -0.39 is 0 Å². The van der Waals surface area contributed by atoms with E-state index in [0.29, 0.717) is 24.7 Å². The molecule has 2 N–H and O–H groups in total. The summed E-state index contributed by atoms with van der Waals surface area (Å²) in [4.78, 5) is 24.0. The molecule has 1 fully saturated rings. The fourth-order valence-corrected chi connectivity index (χ4v) is 3.89. The van der Waals surface area contributed by atoms with Crippen molar-refractivity contribution in [3.05, 3.63) is 54.4 Å². The molecule has 2 aliphatic heterocycles. The lowest BCUT2D eigenvalue weighted by molar-refractivity contribution is -0.127. The summed E-state index contributed by atoms with van der Waals surface area (Å²) in [6.45, 7) is 5.42. The van der Waals surface area contributed by atoms with Gasteiger partial charge >= 0.3 is 0 Å². The van der Waals surface area contributed by atoms with Crippen LogP contribution in [0.5, 0.6) is 11.5 Å². The van der Waals surface area contributed by atoms with Gasteiger partial charge in [-0.1, -0.05) is 6.58 Å². The first-order valence-corrected chi connectivity index (χ1v) is 10.5. The van der Waals surface area contributed by atoms with Gasteiger partial charge in [-0.15, -0.1) is 0 Å². The second-order valence-corrected chi connectivity index (χ2v) is 7.62. The number of hydrogen-bond donors (Lipinski definition) is 2. The van der Waals surface area contributed by atoms with E-state index in [1.165, 1.54) is 6.08 Å². The number of piperidine rings is 1. The molecule has 2 aromatic rings. The van der Waals surface area contributed by atoms with Gasteiger partial charge in [0.25, 0.3) is 0 Å². The van der Waals surface area contributed by atoms with E-state index in [2.05, 4.69) is 28.8 Å². The number of anilines is 1. The number of aromatic nitrogens is 1. The van der Waals surface area contributed by atoms with E-state index in [4.69, 9.17) is 14.5 Å². The maximum atomic E-state index is 12.1. The van der Waals surface area contributed by atoms with Gasteiger partial charge < -0.3 is 24.7 Å². The standard InChI is InChI=1S/C24H27N5O3/c1-4-23(30)28-8-5-6-18(15-28)27-24-21-13-25-14-22(21)26-16-29(24)9-7-17-10-19(31-2)12-20(11-17)32-3/h4,10-14,18,25-26H,1,5-6,8,15-16H2,2-3H3/t18-/m0/s1. The van der Waals surface area contributed by atoms with Crippen molar-refractivity contribution in [3.63, 3.8) is 0 Å². The summed E-state index contributed by atoms with van der Waals surface area (Å²) in [5.74, 6) is 5.30. The molecular formula is C24H27N5O3. The first-order valence-electron chi connectivity index (χ1n) is 10.5. The van der Waals surface area contributed by atoms with E-state index in [1.54, 1.807) is 14.2 Å². The predicted octanol–water partition coefficient (Wildman–Crippen LogP) is 2.65. The second-order valence-electron chi connectivity index (χ2n) is 7.62. The predicted molar refractivity (Wildman–Crippen MR) is 124 cm³/mol. The van der Waals surface area contributed by atoms with Gasteiger partial charge in [0, 0.05) is 43.2 Å². The van der Waals surface area contributed by atoms with Crippen LogP contribution in [0.25, 0.3) is 0 Å². The van der Waals surface area contributed by atoms with E-state index in [0.717, 1.165) is 42.0 Å². The van der Waals surface area contributed by atoms with Gasteiger partial charge in [-0.25, -0.2) is 0 Å². The number of hydrogen-bond acceptors (Lipinski definition) is 5. The van der Waals surface area contributed by atoms with Crippen LogP contribution < -0.4 is 14.8 Å². The van der Waals surface area contributed by atoms with Crippen LogP contribution in [0.15, 0.2) is 48.2 Å². The Labute approximate surface area is 187 Å². The molecule has 3 heterocycles. The molecule has 8 nitrogen and oxygen atoms in total. The molecule has 1 atom stereocenters. The topological polar surface area (TPSA) is 82.2 Å². The minimum atomic E-state index is -0.0498. The highest BCUT2D eigenvalue weighted by Gasteiger charge is 2.26. The number of aromatic amines is 1. The number of fused-ring (bicyclic) bond motifs is 1. The number of amides is 1. The van der Waals surface area contributed by atoms with Gasteiger partial charge in [-0.05, 0) is 37.0 Å². The SMILES string of the molecule is C=CC(=O)N1CCC[C@H](N=C2c3c[nH]cc3NCN2C#Cc2cc(OC)cc(OC)c2)C1. The lowest BCUT2D eigenvalue weighted by Crippen LogP contribution is -2.43. The highest BCUT2D eigenvalue weighted by molar-refractivity contribution is 6.06. The fourth-order valence-electron chi connectivity index (χ4n) is 3.89. The number of methoxy groups -OCH3 is 2. The number of aliphatic imine (C=N–C) groups is 1. The number of benzene rings is 1. The number of ether oxygens (including phenoxy) is 2. The van der Waals surface area contributed by atoms with Gasteiger partial charge in [-0.3, -0.25) is 14.7 Å². The number of carbonyl (C=O) groups excluding carboxylic acids is 1. The molecule has 4 rings (SSSR count). The van der Waals surface area contributed by atoms with Crippen LogP contribution in [-0.2, 0) is 4.79 Å². The van der Waals surface area contributed by atoms with Crippen molar-refractivity contribution in [2.45, 2.75) is 18.9 Å². The van der Waals surface area contributed by atoms with Crippen molar-refractivity contribution in [2.24, 2.45) is 4.99 Å². The Morgan fingerprint density at radius 3 is 2.75 bits per heavy atom. The molecule has 0 bridgehead atoms. The smallest absolute Gasteiger partial charge is 0.246 e. The van der Waals surface area contributed by atoms with Gasteiger partial charge in [0.15, 0.2) is 0 Å². The van der Waals surface area contributed by atoms with E-state index >= 15 is 0 Å². The molecule has 1 aromatic carbocycles. The number of H-pyrrole nitrogens is 1. The molecule has 0 radical (unpaired) electrons. The maximum absolute atomic E-state index is 12.1. The van der Waals surface area contributed by atoms with Crippen molar-refractivity contribution < 1.29 is 14.3 Å². The number of nitrogens with zero attached hydrogens (tertiary/aromatic N) is 3. The molecular weight excluding hydrogens is 406 g/mol. The molecule has 0 saturated carbocycles. The minimum Gasteiger partial charge on any atom is -0.497 e. The Balaban J connectivity index is 1.64.